The van der Waals surface area contributed by atoms with E-state index in [1.807, 2.05) is 37.3 Å². The highest BCUT2D eigenvalue weighted by atomic mass is 16.5. The predicted molar refractivity (Wildman–Crippen MR) is 86.4 cm³/mol. The Morgan fingerprint density at radius 1 is 1.18 bits per heavy atom. The summed E-state index contributed by atoms with van der Waals surface area (Å²) in [5.74, 6) is 0.163. The molecule has 0 unspecified atom stereocenters. The molecule has 2 aromatic rings. The summed E-state index contributed by atoms with van der Waals surface area (Å²) in [6.07, 6.45) is 1.52. The number of rotatable bonds is 4. The Morgan fingerprint density at radius 3 is 2.50 bits per heavy atom. The van der Waals surface area contributed by atoms with Crippen LogP contribution < -0.4 is 10.1 Å². The van der Waals surface area contributed by atoms with E-state index in [0.29, 0.717) is 17.0 Å². The van der Waals surface area contributed by atoms with Crippen LogP contribution in [0, 0.1) is 18.3 Å². The van der Waals surface area contributed by atoms with Gasteiger partial charge in [-0.15, -0.1) is 0 Å². The molecule has 0 spiro atoms. The lowest BCUT2D eigenvalue weighted by molar-refractivity contribution is -0.112. The van der Waals surface area contributed by atoms with Crippen LogP contribution in [0.1, 0.15) is 11.1 Å². The second-order valence-electron chi connectivity index (χ2n) is 4.73. The monoisotopic (exact) mass is 292 g/mol. The van der Waals surface area contributed by atoms with E-state index in [1.165, 1.54) is 6.08 Å². The number of hydrogen-bond donors (Lipinski definition) is 1. The van der Waals surface area contributed by atoms with Crippen LogP contribution >= 0.6 is 0 Å². The van der Waals surface area contributed by atoms with Gasteiger partial charge in [-0.25, -0.2) is 0 Å². The van der Waals surface area contributed by atoms with Crippen LogP contribution in [0.15, 0.2) is 54.1 Å². The third-order valence-electron chi connectivity index (χ3n) is 3.11. The first-order valence-electron chi connectivity index (χ1n) is 6.77. The Hall–Kier alpha value is -3.06. The molecule has 0 atom stereocenters. The van der Waals surface area contributed by atoms with Gasteiger partial charge >= 0.3 is 0 Å². The molecule has 110 valence electrons. The zero-order chi connectivity index (χ0) is 15.9. The molecule has 0 aliphatic carbocycles. The van der Waals surface area contributed by atoms with Gasteiger partial charge < -0.3 is 10.1 Å². The van der Waals surface area contributed by atoms with Gasteiger partial charge in [-0.05, 0) is 31.2 Å². The number of nitrogens with zero attached hydrogens (tertiary/aromatic N) is 1. The van der Waals surface area contributed by atoms with Gasteiger partial charge in [0.1, 0.15) is 17.4 Å². The number of nitriles is 1. The molecular formula is C18H16N2O2. The highest BCUT2D eigenvalue weighted by molar-refractivity contribution is 6.09. The van der Waals surface area contributed by atoms with Crippen LogP contribution in [0.3, 0.4) is 0 Å². The number of aryl methyl sites for hydroxylation is 1. The summed E-state index contributed by atoms with van der Waals surface area (Å²) in [7, 11) is 1.55. The number of anilines is 1. The quantitative estimate of drug-likeness (QED) is 0.692. The zero-order valence-corrected chi connectivity index (χ0v) is 12.5. The van der Waals surface area contributed by atoms with Gasteiger partial charge in [0.05, 0.1) is 7.11 Å². The number of para-hydroxylation sites is 1. The molecule has 1 N–H and O–H groups in total. The molecule has 22 heavy (non-hydrogen) atoms. The molecule has 4 nitrogen and oxygen atoms in total. The third kappa shape index (κ3) is 3.74. The lowest BCUT2D eigenvalue weighted by atomic mass is 10.1. The van der Waals surface area contributed by atoms with Crippen molar-refractivity contribution in [1.82, 2.24) is 0 Å². The van der Waals surface area contributed by atoms with Crippen molar-refractivity contribution in [3.63, 3.8) is 0 Å². The SMILES string of the molecule is COc1ccccc1C=C(C#N)C(=O)Nc1ccc(C)cc1. The largest absolute Gasteiger partial charge is 0.496 e. The second-order valence-corrected chi connectivity index (χ2v) is 4.73. The van der Waals surface area contributed by atoms with Gasteiger partial charge in [-0.1, -0.05) is 35.9 Å². The smallest absolute Gasteiger partial charge is 0.266 e. The molecule has 1 amide bonds. The summed E-state index contributed by atoms with van der Waals surface area (Å²) in [5.41, 5.74) is 2.45. The van der Waals surface area contributed by atoms with Crippen LogP contribution in [-0.2, 0) is 4.79 Å². The normalized spacial score (nSPS) is 10.7. The van der Waals surface area contributed by atoms with Gasteiger partial charge in [0.15, 0.2) is 0 Å². The van der Waals surface area contributed by atoms with Gasteiger partial charge in [0, 0.05) is 11.3 Å². The maximum atomic E-state index is 12.2. The van der Waals surface area contributed by atoms with Crippen LogP contribution in [0.25, 0.3) is 6.08 Å². The first-order valence-corrected chi connectivity index (χ1v) is 6.77. The molecule has 4 heteroatoms. The standard InChI is InChI=1S/C18H16N2O2/c1-13-7-9-16(10-8-13)20-18(21)15(12-19)11-14-5-3-4-6-17(14)22-2/h3-11H,1-2H3,(H,20,21). The molecule has 0 heterocycles. The van der Waals surface area contributed by atoms with Crippen LogP contribution in [-0.4, -0.2) is 13.0 Å². The van der Waals surface area contributed by atoms with Crippen molar-refractivity contribution in [1.29, 1.82) is 5.26 Å². The molecule has 0 aliphatic rings. The third-order valence-corrected chi connectivity index (χ3v) is 3.11. The van der Waals surface area contributed by atoms with Crippen molar-refractivity contribution in [2.75, 3.05) is 12.4 Å². The molecule has 2 aromatic carbocycles. The van der Waals surface area contributed by atoms with Crippen molar-refractivity contribution >= 4 is 17.7 Å². The Bertz CT molecular complexity index is 740. The van der Waals surface area contributed by atoms with E-state index in [2.05, 4.69) is 5.32 Å². The summed E-state index contributed by atoms with van der Waals surface area (Å²) in [6, 6.07) is 16.5. The van der Waals surface area contributed by atoms with Gasteiger partial charge in [-0.2, -0.15) is 5.26 Å². The number of methoxy groups -OCH3 is 1. The number of benzene rings is 2. The van der Waals surface area contributed by atoms with Crippen LogP contribution in [0.5, 0.6) is 5.75 Å². The fraction of sp³-hybridized carbons (Fsp3) is 0.111. The Balaban J connectivity index is 2.24. The Labute approximate surface area is 129 Å². The molecule has 0 saturated heterocycles. The van der Waals surface area contributed by atoms with E-state index in [0.717, 1.165) is 5.56 Å². The average Bonchev–Trinajstić information content (AvgIpc) is 2.55. The van der Waals surface area contributed by atoms with Gasteiger partial charge in [0.2, 0.25) is 0 Å². The van der Waals surface area contributed by atoms with Crippen molar-refractivity contribution in [2.24, 2.45) is 0 Å². The topological polar surface area (TPSA) is 62.1 Å². The lowest BCUT2D eigenvalue weighted by Crippen LogP contribution is -2.13. The van der Waals surface area contributed by atoms with Crippen molar-refractivity contribution in [3.8, 4) is 11.8 Å². The molecular weight excluding hydrogens is 276 g/mol. The number of nitrogens with one attached hydrogen (secondary N) is 1. The minimum absolute atomic E-state index is 0.0186. The summed E-state index contributed by atoms with van der Waals surface area (Å²) >= 11 is 0. The fourth-order valence-corrected chi connectivity index (χ4v) is 1.93. The van der Waals surface area contributed by atoms with E-state index >= 15 is 0 Å². The molecule has 0 aliphatic heterocycles. The molecule has 2 rings (SSSR count). The van der Waals surface area contributed by atoms with E-state index in [1.54, 1.807) is 31.4 Å². The maximum absolute atomic E-state index is 12.2. The highest BCUT2D eigenvalue weighted by Gasteiger charge is 2.10. The zero-order valence-electron chi connectivity index (χ0n) is 12.5. The first kappa shape index (κ1) is 15.3. The van der Waals surface area contributed by atoms with Crippen molar-refractivity contribution < 1.29 is 9.53 Å². The number of carbonyl (C=O) groups is 1. The molecule has 0 aromatic heterocycles. The Kier molecular flexibility index (Phi) is 4.94. The highest BCUT2D eigenvalue weighted by Crippen LogP contribution is 2.21. The molecule has 0 saturated carbocycles. The summed E-state index contributed by atoms with van der Waals surface area (Å²) < 4.78 is 5.22. The van der Waals surface area contributed by atoms with E-state index in [9.17, 15) is 10.1 Å². The molecule has 0 radical (unpaired) electrons. The predicted octanol–water partition coefficient (Wildman–Crippen LogP) is 3.55. The number of ether oxygens (including phenoxy) is 1. The number of carbonyl (C=O) groups excluding carboxylic acids is 1. The molecule has 0 fully saturated rings. The molecule has 0 bridgehead atoms. The maximum Gasteiger partial charge on any atom is 0.266 e. The number of hydrogen-bond acceptors (Lipinski definition) is 3. The fourth-order valence-electron chi connectivity index (χ4n) is 1.93. The van der Waals surface area contributed by atoms with E-state index in [4.69, 9.17) is 4.74 Å². The average molecular weight is 292 g/mol. The minimum Gasteiger partial charge on any atom is -0.496 e. The van der Waals surface area contributed by atoms with Gasteiger partial charge in [0.25, 0.3) is 5.91 Å². The summed E-state index contributed by atoms with van der Waals surface area (Å²) in [5, 5.41) is 11.9. The number of amides is 1. The summed E-state index contributed by atoms with van der Waals surface area (Å²) in [6.45, 7) is 1.97. The van der Waals surface area contributed by atoms with Crippen LogP contribution in [0.2, 0.25) is 0 Å². The first-order chi connectivity index (χ1) is 10.6. The minimum atomic E-state index is -0.447. The van der Waals surface area contributed by atoms with Crippen molar-refractivity contribution in [2.45, 2.75) is 6.92 Å². The van der Waals surface area contributed by atoms with Gasteiger partial charge in [-0.3, -0.25) is 4.79 Å². The van der Waals surface area contributed by atoms with E-state index in [-0.39, 0.29) is 5.57 Å². The van der Waals surface area contributed by atoms with E-state index < -0.39 is 5.91 Å². The lowest BCUT2D eigenvalue weighted by Gasteiger charge is -2.06. The second kappa shape index (κ2) is 7.09. The summed E-state index contributed by atoms with van der Waals surface area (Å²) in [4.78, 5) is 12.2. The van der Waals surface area contributed by atoms with Crippen LogP contribution in [0.4, 0.5) is 5.69 Å². The Morgan fingerprint density at radius 2 is 1.86 bits per heavy atom. The van der Waals surface area contributed by atoms with Crippen molar-refractivity contribution in [3.05, 3.63) is 65.2 Å².